The molecule has 0 fully saturated rings. The normalized spacial score (nSPS) is 14.3. The molecule has 0 aromatic carbocycles. The van der Waals surface area contributed by atoms with Crippen LogP contribution in [0.5, 0.6) is 0 Å². The number of aliphatic hydroxyl groups is 1. The number of rotatable bonds is 74. The standard InChI is InChI=1S/C79H142O17P2/c1-5-9-13-17-21-25-29-32-34-35-36-37-39-42-45-48-52-56-60-64-77(82)89-69-74(95-78(83)65-61-57-53-49-43-28-24-20-16-12-8-4)71-93-97(85,86)91-67-73(80)68-92-98(87,88)94-72-75(96-79(84)66-62-58-54-50-46-40-31-27-23-19-15-11-7-3)70-90-76(81)63-59-55-51-47-44-41-38-33-30-26-22-18-14-10-6-2/h9,13,20-21,24-25,27,31-32,34,36-37,73-75,80H,5-8,10-12,14-19,22-23,26,28-30,33,35,38-72H2,1-4H3,(H,85,86)(H,87,88)/b13-9-,24-20-,25-21-,31-27-,34-32-,37-36-. The van der Waals surface area contributed by atoms with E-state index in [0.29, 0.717) is 25.7 Å². The lowest BCUT2D eigenvalue weighted by atomic mass is 10.0. The summed E-state index contributed by atoms with van der Waals surface area (Å²) in [5.74, 6) is -2.18. The Labute approximate surface area is 596 Å². The second-order valence-corrected chi connectivity index (χ2v) is 29.2. The maximum Gasteiger partial charge on any atom is 0.472 e. The van der Waals surface area contributed by atoms with Crippen LogP contribution in [-0.4, -0.2) is 96.7 Å². The molecule has 0 heterocycles. The number of phosphoric ester groups is 2. The largest absolute Gasteiger partial charge is 0.472 e. The van der Waals surface area contributed by atoms with Gasteiger partial charge in [-0.1, -0.05) is 287 Å². The van der Waals surface area contributed by atoms with E-state index < -0.39 is 97.5 Å². The summed E-state index contributed by atoms with van der Waals surface area (Å²) in [6, 6.07) is 0. The van der Waals surface area contributed by atoms with Crippen LogP contribution in [0.15, 0.2) is 72.9 Å². The number of phosphoric acid groups is 2. The molecule has 0 saturated heterocycles. The van der Waals surface area contributed by atoms with Crippen molar-refractivity contribution in [1.29, 1.82) is 0 Å². The van der Waals surface area contributed by atoms with Crippen molar-refractivity contribution in [3.63, 3.8) is 0 Å². The van der Waals surface area contributed by atoms with E-state index >= 15 is 0 Å². The van der Waals surface area contributed by atoms with Crippen molar-refractivity contribution < 1.29 is 80.2 Å². The van der Waals surface area contributed by atoms with Crippen molar-refractivity contribution in [1.82, 2.24) is 0 Å². The third-order valence-corrected chi connectivity index (χ3v) is 18.6. The van der Waals surface area contributed by atoms with Crippen LogP contribution >= 0.6 is 15.6 Å². The summed E-state index contributed by atoms with van der Waals surface area (Å²) in [5.41, 5.74) is 0. The van der Waals surface area contributed by atoms with Gasteiger partial charge in [-0.2, -0.15) is 0 Å². The first kappa shape index (κ1) is 94.5. The molecule has 0 aromatic heterocycles. The first-order valence-corrected chi connectivity index (χ1v) is 42.2. The van der Waals surface area contributed by atoms with Crippen LogP contribution in [0.25, 0.3) is 0 Å². The first-order chi connectivity index (χ1) is 47.7. The molecule has 0 rings (SSSR count). The number of esters is 4. The van der Waals surface area contributed by atoms with Crippen LogP contribution in [0.4, 0.5) is 0 Å². The molecule has 0 bridgehead atoms. The number of allylic oxidation sites excluding steroid dienone is 12. The van der Waals surface area contributed by atoms with Gasteiger partial charge in [0.2, 0.25) is 0 Å². The molecule has 98 heavy (non-hydrogen) atoms. The van der Waals surface area contributed by atoms with Gasteiger partial charge in [0.25, 0.3) is 0 Å². The molecule has 5 atom stereocenters. The van der Waals surface area contributed by atoms with Crippen molar-refractivity contribution in [2.45, 2.75) is 367 Å². The van der Waals surface area contributed by atoms with Crippen molar-refractivity contribution in [3.05, 3.63) is 72.9 Å². The lowest BCUT2D eigenvalue weighted by molar-refractivity contribution is -0.161. The molecular formula is C79H142O17P2. The topological polar surface area (TPSA) is 237 Å². The fourth-order valence-corrected chi connectivity index (χ4v) is 12.2. The van der Waals surface area contributed by atoms with E-state index in [-0.39, 0.29) is 25.7 Å². The van der Waals surface area contributed by atoms with Crippen molar-refractivity contribution in [3.8, 4) is 0 Å². The van der Waals surface area contributed by atoms with Gasteiger partial charge in [-0.25, -0.2) is 9.13 Å². The maximum absolute atomic E-state index is 13.1. The van der Waals surface area contributed by atoms with Crippen LogP contribution in [0.3, 0.4) is 0 Å². The lowest BCUT2D eigenvalue weighted by Gasteiger charge is -2.21. The molecule has 17 nitrogen and oxygen atoms in total. The van der Waals surface area contributed by atoms with Gasteiger partial charge in [0.05, 0.1) is 26.4 Å². The summed E-state index contributed by atoms with van der Waals surface area (Å²) in [7, 11) is -9.94. The minimum Gasteiger partial charge on any atom is -0.462 e. The minimum absolute atomic E-state index is 0.0830. The number of hydrogen-bond donors (Lipinski definition) is 3. The van der Waals surface area contributed by atoms with E-state index in [1.165, 1.54) is 109 Å². The fourth-order valence-electron chi connectivity index (χ4n) is 10.7. The van der Waals surface area contributed by atoms with Crippen LogP contribution in [-0.2, 0) is 65.4 Å². The van der Waals surface area contributed by atoms with Crippen LogP contribution in [0, 0.1) is 0 Å². The zero-order chi connectivity index (χ0) is 71.8. The highest BCUT2D eigenvalue weighted by molar-refractivity contribution is 7.47. The van der Waals surface area contributed by atoms with Crippen molar-refractivity contribution >= 4 is 39.5 Å². The van der Waals surface area contributed by atoms with Crippen molar-refractivity contribution in [2.24, 2.45) is 0 Å². The highest BCUT2D eigenvalue weighted by Gasteiger charge is 2.30. The van der Waals surface area contributed by atoms with Gasteiger partial charge in [-0.05, 0) is 109 Å². The summed E-state index contributed by atoms with van der Waals surface area (Å²) in [6.45, 7) is 4.72. The minimum atomic E-state index is -4.97. The SMILES string of the molecule is CC/C=C\C/C=C\C/C=C\C/C=C\CCCCCCCCC(=O)OCC(COP(=O)(O)OCC(O)COP(=O)(O)OCC(COC(=O)CCCCCCCCCCCCCCCCC)OC(=O)CCCCCCC/C=C\CCCCCC)OC(=O)CCCCCCC/C=C\CCCC. The summed E-state index contributed by atoms with van der Waals surface area (Å²) in [4.78, 5) is 72.8. The molecular weight excluding hydrogens is 1280 g/mol. The Hall–Kier alpha value is -3.50. The van der Waals surface area contributed by atoms with Gasteiger partial charge < -0.3 is 33.8 Å². The summed E-state index contributed by atoms with van der Waals surface area (Å²) < 4.78 is 68.5. The van der Waals surface area contributed by atoms with Gasteiger partial charge in [-0.15, -0.1) is 0 Å². The third kappa shape index (κ3) is 70.9. The van der Waals surface area contributed by atoms with Crippen molar-refractivity contribution in [2.75, 3.05) is 39.6 Å². The van der Waals surface area contributed by atoms with E-state index in [1.54, 1.807) is 0 Å². The smallest absolute Gasteiger partial charge is 0.462 e. The number of carbonyl (C=O) groups is 4. The molecule has 0 radical (unpaired) electrons. The van der Waals surface area contributed by atoms with Gasteiger partial charge >= 0.3 is 39.5 Å². The van der Waals surface area contributed by atoms with Gasteiger partial charge in [0.1, 0.15) is 19.3 Å². The summed E-state index contributed by atoms with van der Waals surface area (Å²) in [5, 5.41) is 10.6. The van der Waals surface area contributed by atoms with Gasteiger partial charge in [0, 0.05) is 25.7 Å². The molecule has 0 aliphatic rings. The maximum atomic E-state index is 13.1. The molecule has 0 spiro atoms. The van der Waals surface area contributed by atoms with E-state index in [9.17, 15) is 43.2 Å². The highest BCUT2D eigenvalue weighted by Crippen LogP contribution is 2.45. The number of ether oxygens (including phenoxy) is 4. The van der Waals surface area contributed by atoms with Gasteiger partial charge in [-0.3, -0.25) is 37.3 Å². The average Bonchev–Trinajstić information content (AvgIpc) is 1.00. The second-order valence-electron chi connectivity index (χ2n) is 26.3. The molecule has 570 valence electrons. The van der Waals surface area contributed by atoms with E-state index in [1.807, 2.05) is 0 Å². The number of aliphatic hydroxyl groups excluding tert-OH is 1. The van der Waals surface area contributed by atoms with E-state index in [0.717, 1.165) is 161 Å². The Morgan fingerprint density at radius 2 is 0.541 bits per heavy atom. The quantitative estimate of drug-likeness (QED) is 0.0169. The number of hydrogen-bond acceptors (Lipinski definition) is 15. The third-order valence-electron chi connectivity index (χ3n) is 16.7. The zero-order valence-electron chi connectivity index (χ0n) is 62.2. The Kier molecular flexibility index (Phi) is 69.3. The molecule has 5 unspecified atom stereocenters. The highest BCUT2D eigenvalue weighted by atomic mass is 31.2. The molecule has 0 aromatic rings. The summed E-state index contributed by atoms with van der Waals surface area (Å²) >= 11 is 0. The van der Waals surface area contributed by atoms with Crippen LogP contribution in [0.2, 0.25) is 0 Å². The molecule has 3 N–H and O–H groups in total. The predicted octanol–water partition coefficient (Wildman–Crippen LogP) is 22.4. The summed E-state index contributed by atoms with van der Waals surface area (Å²) in [6.07, 6.45) is 71.7. The number of carbonyl (C=O) groups excluding carboxylic acids is 4. The monoisotopic (exact) mass is 1420 g/mol. The Balaban J connectivity index is 5.28. The fraction of sp³-hybridized carbons (Fsp3) is 0.797. The average molecular weight is 1430 g/mol. The Morgan fingerprint density at radius 3 is 0.867 bits per heavy atom. The molecule has 0 aliphatic carbocycles. The Morgan fingerprint density at radius 1 is 0.296 bits per heavy atom. The second kappa shape index (κ2) is 71.9. The Bertz CT molecular complexity index is 2140. The molecule has 0 saturated carbocycles. The predicted molar refractivity (Wildman–Crippen MR) is 400 cm³/mol. The van der Waals surface area contributed by atoms with E-state index in [4.69, 9.17) is 37.0 Å². The molecule has 0 aliphatic heterocycles. The van der Waals surface area contributed by atoms with Gasteiger partial charge in [0.15, 0.2) is 12.2 Å². The first-order valence-electron chi connectivity index (χ1n) is 39.2. The lowest BCUT2D eigenvalue weighted by Crippen LogP contribution is -2.30. The van der Waals surface area contributed by atoms with Crippen LogP contribution < -0.4 is 0 Å². The van der Waals surface area contributed by atoms with E-state index in [2.05, 4.69) is 101 Å². The zero-order valence-corrected chi connectivity index (χ0v) is 64.0. The molecule has 19 heteroatoms. The van der Waals surface area contributed by atoms with Crippen LogP contribution in [0.1, 0.15) is 349 Å². The number of unbranched alkanes of at least 4 members (excludes halogenated alkanes) is 36. The molecule has 0 amide bonds.